The van der Waals surface area contributed by atoms with Crippen molar-refractivity contribution in [3.05, 3.63) is 63.6 Å². The third kappa shape index (κ3) is 4.06. The normalized spacial score (nSPS) is 10.4. The van der Waals surface area contributed by atoms with Crippen LogP contribution in [0, 0.1) is 0 Å². The lowest BCUT2D eigenvalue weighted by molar-refractivity contribution is 0.102. The topological polar surface area (TPSA) is 38.3 Å². The van der Waals surface area contributed by atoms with Gasteiger partial charge < -0.3 is 10.1 Å². The summed E-state index contributed by atoms with van der Waals surface area (Å²) in [6, 6.07) is 12.9. The number of methoxy groups -OCH3 is 1. The molecule has 0 radical (unpaired) electrons. The zero-order valence-electron chi connectivity index (χ0n) is 11.5. The van der Waals surface area contributed by atoms with Crippen molar-refractivity contribution in [1.82, 2.24) is 0 Å². The molecule has 3 nitrogen and oxygen atoms in total. The number of hydrogen-bond donors (Lipinski definition) is 1. The lowest BCUT2D eigenvalue weighted by Gasteiger charge is -2.12. The summed E-state index contributed by atoms with van der Waals surface area (Å²) in [6.45, 7) is 0.415. The van der Waals surface area contributed by atoms with E-state index in [0.717, 1.165) is 21.3 Å². The van der Waals surface area contributed by atoms with Gasteiger partial charge in [0, 0.05) is 34.3 Å². The van der Waals surface area contributed by atoms with Crippen LogP contribution in [0.15, 0.2) is 46.9 Å². The maximum atomic E-state index is 12.3. The fourth-order valence-corrected chi connectivity index (χ4v) is 2.60. The molecule has 2 rings (SSSR count). The van der Waals surface area contributed by atoms with Crippen LogP contribution < -0.4 is 5.32 Å². The minimum Gasteiger partial charge on any atom is -0.380 e. The third-order valence-corrected chi connectivity index (χ3v) is 4.05. The average molecular weight is 369 g/mol. The number of alkyl halides is 1. The first-order valence-corrected chi connectivity index (χ1v) is 7.71. The van der Waals surface area contributed by atoms with E-state index in [1.807, 2.05) is 30.3 Å². The predicted octanol–water partition coefficient (Wildman–Crippen LogP) is 4.59. The van der Waals surface area contributed by atoms with E-state index in [1.54, 1.807) is 19.2 Å². The van der Waals surface area contributed by atoms with Crippen molar-refractivity contribution >= 4 is 39.1 Å². The summed E-state index contributed by atoms with van der Waals surface area (Å²) < 4.78 is 6.07. The Morgan fingerprint density at radius 1 is 1.29 bits per heavy atom. The van der Waals surface area contributed by atoms with Gasteiger partial charge >= 0.3 is 0 Å². The standard InChI is InChI=1S/C16H15BrClNO2/c1-21-10-13-14(17)6-3-7-15(13)19-16(20)12-5-2-4-11(8-12)9-18/h2-8H,9-10H2,1H3,(H,19,20). The lowest BCUT2D eigenvalue weighted by atomic mass is 10.1. The molecule has 1 N–H and O–H groups in total. The van der Waals surface area contributed by atoms with Crippen LogP contribution >= 0.6 is 27.5 Å². The maximum absolute atomic E-state index is 12.3. The van der Waals surface area contributed by atoms with Crippen LogP contribution in [0.2, 0.25) is 0 Å². The van der Waals surface area contributed by atoms with Crippen molar-refractivity contribution < 1.29 is 9.53 Å². The van der Waals surface area contributed by atoms with Gasteiger partial charge in [0.2, 0.25) is 0 Å². The summed E-state index contributed by atoms with van der Waals surface area (Å²) >= 11 is 9.26. The van der Waals surface area contributed by atoms with Crippen LogP contribution in [0.5, 0.6) is 0 Å². The second-order valence-electron chi connectivity index (χ2n) is 4.49. The van der Waals surface area contributed by atoms with Crippen LogP contribution in [-0.2, 0) is 17.2 Å². The van der Waals surface area contributed by atoms with Crippen LogP contribution in [0.4, 0.5) is 5.69 Å². The van der Waals surface area contributed by atoms with Gasteiger partial charge in [-0.1, -0.05) is 34.1 Å². The molecular formula is C16H15BrClNO2. The Kier molecular flexibility index (Phi) is 5.79. The smallest absolute Gasteiger partial charge is 0.255 e. The molecular weight excluding hydrogens is 354 g/mol. The number of ether oxygens (including phenoxy) is 1. The van der Waals surface area contributed by atoms with Crippen LogP contribution in [0.1, 0.15) is 21.5 Å². The van der Waals surface area contributed by atoms with Gasteiger partial charge in [-0.15, -0.1) is 11.6 Å². The summed E-state index contributed by atoms with van der Waals surface area (Å²) in [5, 5.41) is 2.91. The Morgan fingerprint density at radius 3 is 2.76 bits per heavy atom. The van der Waals surface area contributed by atoms with E-state index in [4.69, 9.17) is 16.3 Å². The second-order valence-corrected chi connectivity index (χ2v) is 5.61. The molecule has 2 aromatic carbocycles. The SMILES string of the molecule is COCc1c(Br)cccc1NC(=O)c1cccc(CCl)c1. The molecule has 0 spiro atoms. The molecule has 0 aliphatic heterocycles. The van der Waals surface area contributed by atoms with Crippen LogP contribution in [-0.4, -0.2) is 13.0 Å². The molecule has 0 saturated carbocycles. The van der Waals surface area contributed by atoms with Gasteiger partial charge in [-0.2, -0.15) is 0 Å². The molecule has 110 valence electrons. The molecule has 0 unspecified atom stereocenters. The first kappa shape index (κ1) is 16.0. The zero-order valence-corrected chi connectivity index (χ0v) is 13.9. The van der Waals surface area contributed by atoms with Crippen molar-refractivity contribution in [3.63, 3.8) is 0 Å². The van der Waals surface area contributed by atoms with E-state index in [-0.39, 0.29) is 5.91 Å². The van der Waals surface area contributed by atoms with Crippen molar-refractivity contribution in [2.24, 2.45) is 0 Å². The molecule has 0 aliphatic rings. The zero-order chi connectivity index (χ0) is 15.2. The molecule has 0 atom stereocenters. The summed E-state index contributed by atoms with van der Waals surface area (Å²) in [5.74, 6) is 0.213. The molecule has 21 heavy (non-hydrogen) atoms. The number of benzene rings is 2. The first-order chi connectivity index (χ1) is 10.2. The Balaban J connectivity index is 2.25. The van der Waals surface area contributed by atoms with Gasteiger partial charge in [-0.3, -0.25) is 4.79 Å². The Hall–Kier alpha value is -1.36. The first-order valence-electron chi connectivity index (χ1n) is 6.38. The molecule has 0 fully saturated rings. The molecule has 0 bridgehead atoms. The Morgan fingerprint density at radius 2 is 2.05 bits per heavy atom. The van der Waals surface area contributed by atoms with E-state index < -0.39 is 0 Å². The van der Waals surface area contributed by atoms with Crippen molar-refractivity contribution in [1.29, 1.82) is 0 Å². The molecule has 1 amide bonds. The largest absolute Gasteiger partial charge is 0.380 e. The summed E-state index contributed by atoms with van der Waals surface area (Å²) in [7, 11) is 1.62. The maximum Gasteiger partial charge on any atom is 0.255 e. The van der Waals surface area contributed by atoms with E-state index in [9.17, 15) is 4.79 Å². The molecule has 2 aromatic rings. The highest BCUT2D eigenvalue weighted by Crippen LogP contribution is 2.26. The van der Waals surface area contributed by atoms with Gasteiger partial charge in [0.1, 0.15) is 0 Å². The molecule has 0 saturated heterocycles. The number of rotatable bonds is 5. The van der Waals surface area contributed by atoms with Gasteiger partial charge in [-0.25, -0.2) is 0 Å². The summed E-state index contributed by atoms with van der Waals surface area (Å²) in [5.41, 5.74) is 3.13. The van der Waals surface area contributed by atoms with Gasteiger partial charge in [0.15, 0.2) is 0 Å². The van der Waals surface area contributed by atoms with Crippen molar-refractivity contribution in [2.75, 3.05) is 12.4 Å². The van der Waals surface area contributed by atoms with Gasteiger partial charge in [0.25, 0.3) is 5.91 Å². The molecule has 0 aromatic heterocycles. The Bertz CT molecular complexity index is 646. The highest BCUT2D eigenvalue weighted by molar-refractivity contribution is 9.10. The number of carbonyl (C=O) groups excluding carboxylic acids is 1. The Labute approximate surface area is 137 Å². The van der Waals surface area contributed by atoms with E-state index in [0.29, 0.717) is 18.1 Å². The second kappa shape index (κ2) is 7.59. The number of nitrogens with one attached hydrogen (secondary N) is 1. The van der Waals surface area contributed by atoms with Crippen LogP contribution in [0.25, 0.3) is 0 Å². The molecule has 5 heteroatoms. The van der Waals surface area contributed by atoms with Crippen molar-refractivity contribution in [3.8, 4) is 0 Å². The quantitative estimate of drug-likeness (QED) is 0.784. The third-order valence-electron chi connectivity index (χ3n) is 3.00. The lowest BCUT2D eigenvalue weighted by Crippen LogP contribution is -2.14. The fourth-order valence-electron chi connectivity index (χ4n) is 1.96. The monoisotopic (exact) mass is 367 g/mol. The fraction of sp³-hybridized carbons (Fsp3) is 0.188. The number of halogens is 2. The van der Waals surface area contributed by atoms with Crippen molar-refractivity contribution in [2.45, 2.75) is 12.5 Å². The number of hydrogen-bond acceptors (Lipinski definition) is 2. The van der Waals surface area contributed by atoms with Gasteiger partial charge in [0.05, 0.1) is 6.61 Å². The highest BCUT2D eigenvalue weighted by atomic mass is 79.9. The molecule has 0 aliphatic carbocycles. The van der Waals surface area contributed by atoms with E-state index in [2.05, 4.69) is 21.2 Å². The predicted molar refractivity (Wildman–Crippen MR) is 88.8 cm³/mol. The summed E-state index contributed by atoms with van der Waals surface area (Å²) in [6.07, 6.45) is 0. The van der Waals surface area contributed by atoms with E-state index >= 15 is 0 Å². The average Bonchev–Trinajstić information content (AvgIpc) is 2.51. The minimum absolute atomic E-state index is 0.169. The molecule has 0 heterocycles. The van der Waals surface area contributed by atoms with Crippen LogP contribution in [0.3, 0.4) is 0 Å². The van der Waals surface area contributed by atoms with E-state index in [1.165, 1.54) is 0 Å². The van der Waals surface area contributed by atoms with Gasteiger partial charge in [-0.05, 0) is 29.8 Å². The minimum atomic E-state index is -0.169. The number of amides is 1. The number of anilines is 1. The summed E-state index contributed by atoms with van der Waals surface area (Å²) in [4.78, 5) is 12.3. The number of carbonyl (C=O) groups is 1. The highest BCUT2D eigenvalue weighted by Gasteiger charge is 2.11.